The molecule has 1 aromatic heterocycles. The van der Waals surface area contributed by atoms with Crippen LogP contribution in [0.5, 0.6) is 0 Å². The van der Waals surface area contributed by atoms with Crippen molar-refractivity contribution in [2.45, 2.75) is 0 Å². The minimum Gasteiger partial charge on any atom is -0.396 e. The molecule has 6 heteroatoms. The molecule has 0 unspecified atom stereocenters. The molecule has 3 N–H and O–H groups in total. The number of nitrogens with two attached hydrogens (primary N) is 1. The normalized spacial score (nSPS) is 10.8. The predicted octanol–water partition coefficient (Wildman–Crippen LogP) is 4.49. The van der Waals surface area contributed by atoms with E-state index in [0.717, 1.165) is 0 Å². The lowest BCUT2D eigenvalue weighted by Crippen LogP contribution is -1.99. The summed E-state index contributed by atoms with van der Waals surface area (Å²) in [4.78, 5) is 4.14. The van der Waals surface area contributed by atoms with Crippen molar-refractivity contribution >= 4 is 39.6 Å². The Hall–Kier alpha value is -2.40. The van der Waals surface area contributed by atoms with Gasteiger partial charge in [-0.1, -0.05) is 17.7 Å². The summed E-state index contributed by atoms with van der Waals surface area (Å²) in [7, 11) is 0. The van der Waals surface area contributed by atoms with Crippen LogP contribution in [-0.2, 0) is 0 Å². The van der Waals surface area contributed by atoms with Gasteiger partial charge in [0.2, 0.25) is 0 Å². The van der Waals surface area contributed by atoms with Crippen LogP contribution in [-0.4, -0.2) is 4.98 Å². The number of aromatic nitrogens is 1. The molecule has 3 rings (SSSR count). The summed E-state index contributed by atoms with van der Waals surface area (Å²) in [6.07, 6.45) is 1.48. The lowest BCUT2D eigenvalue weighted by atomic mass is 10.1. The smallest absolute Gasteiger partial charge is 0.165 e. The maximum absolute atomic E-state index is 13.9. The van der Waals surface area contributed by atoms with Crippen LogP contribution >= 0.6 is 11.6 Å². The molecule has 0 spiro atoms. The number of benzene rings is 2. The van der Waals surface area contributed by atoms with E-state index in [2.05, 4.69) is 10.3 Å². The van der Waals surface area contributed by atoms with Gasteiger partial charge in [-0.25, -0.2) is 13.8 Å². The summed E-state index contributed by atoms with van der Waals surface area (Å²) in [6.45, 7) is 0. The van der Waals surface area contributed by atoms with E-state index in [1.807, 2.05) is 0 Å². The first kappa shape index (κ1) is 13.6. The van der Waals surface area contributed by atoms with Crippen LogP contribution in [0.1, 0.15) is 0 Å². The number of fused-ring (bicyclic) bond motifs is 1. The number of hydrogen-bond donors (Lipinski definition) is 2. The molecule has 0 saturated heterocycles. The molecule has 2 aromatic carbocycles. The zero-order valence-electron chi connectivity index (χ0n) is 10.7. The standard InChI is InChI=1S/C15H10ClF2N3/c16-10-2-1-3-12(13(10)18)21-15-9-4-5-11(17)14(19)8(9)6-7-20-15/h1-7H,19H2,(H,20,21). The van der Waals surface area contributed by atoms with Crippen LogP contribution in [0.3, 0.4) is 0 Å². The number of pyridine rings is 1. The molecule has 3 nitrogen and oxygen atoms in total. The zero-order valence-corrected chi connectivity index (χ0v) is 11.5. The molecular formula is C15H10ClF2N3. The summed E-state index contributed by atoms with van der Waals surface area (Å²) < 4.78 is 27.4. The fourth-order valence-electron chi connectivity index (χ4n) is 2.08. The van der Waals surface area contributed by atoms with E-state index >= 15 is 0 Å². The van der Waals surface area contributed by atoms with Gasteiger partial charge in [-0.2, -0.15) is 0 Å². The second-order valence-corrected chi connectivity index (χ2v) is 4.85. The molecule has 0 radical (unpaired) electrons. The van der Waals surface area contributed by atoms with Crippen molar-refractivity contribution < 1.29 is 8.78 Å². The van der Waals surface area contributed by atoms with Gasteiger partial charge < -0.3 is 11.1 Å². The maximum Gasteiger partial charge on any atom is 0.165 e. The van der Waals surface area contributed by atoms with Crippen LogP contribution in [0.4, 0.5) is 26.0 Å². The molecule has 0 aliphatic rings. The van der Waals surface area contributed by atoms with E-state index in [-0.39, 0.29) is 16.4 Å². The lowest BCUT2D eigenvalue weighted by molar-refractivity contribution is 0.632. The van der Waals surface area contributed by atoms with E-state index < -0.39 is 11.6 Å². The Kier molecular flexibility index (Phi) is 3.35. The van der Waals surface area contributed by atoms with Crippen LogP contribution in [0.2, 0.25) is 5.02 Å². The van der Waals surface area contributed by atoms with Crippen molar-refractivity contribution in [2.75, 3.05) is 11.1 Å². The number of nitrogen functional groups attached to an aromatic ring is 1. The zero-order chi connectivity index (χ0) is 15.0. The Bertz CT molecular complexity index is 837. The van der Waals surface area contributed by atoms with Crippen molar-refractivity contribution in [3.05, 3.63) is 59.3 Å². The van der Waals surface area contributed by atoms with E-state index in [1.54, 1.807) is 18.2 Å². The third-order valence-electron chi connectivity index (χ3n) is 3.14. The second-order valence-electron chi connectivity index (χ2n) is 4.44. The summed E-state index contributed by atoms with van der Waals surface area (Å²) >= 11 is 5.74. The monoisotopic (exact) mass is 305 g/mol. The number of rotatable bonds is 2. The summed E-state index contributed by atoms with van der Waals surface area (Å²) in [6, 6.07) is 9.00. The Labute approximate surface area is 124 Å². The van der Waals surface area contributed by atoms with Crippen LogP contribution in [0.15, 0.2) is 42.6 Å². The SMILES string of the molecule is Nc1c(F)ccc2c(Nc3cccc(Cl)c3F)nccc12. The molecule has 0 bridgehead atoms. The van der Waals surface area contributed by atoms with Crippen LogP contribution < -0.4 is 11.1 Å². The quantitative estimate of drug-likeness (QED) is 0.686. The van der Waals surface area contributed by atoms with E-state index in [0.29, 0.717) is 16.6 Å². The van der Waals surface area contributed by atoms with Crippen LogP contribution in [0, 0.1) is 11.6 Å². The Morgan fingerprint density at radius 3 is 2.67 bits per heavy atom. The Balaban J connectivity index is 2.13. The third kappa shape index (κ3) is 2.36. The summed E-state index contributed by atoms with van der Waals surface area (Å²) in [5, 5.41) is 3.96. The Morgan fingerprint density at radius 2 is 1.86 bits per heavy atom. The van der Waals surface area contributed by atoms with E-state index in [4.69, 9.17) is 17.3 Å². The van der Waals surface area contributed by atoms with E-state index in [1.165, 1.54) is 24.4 Å². The van der Waals surface area contributed by atoms with Crippen LogP contribution in [0.25, 0.3) is 10.8 Å². The number of halogens is 3. The molecule has 0 aliphatic heterocycles. The number of hydrogen-bond acceptors (Lipinski definition) is 3. The minimum absolute atomic E-state index is 0.00537. The second kappa shape index (κ2) is 5.18. The highest BCUT2D eigenvalue weighted by atomic mass is 35.5. The van der Waals surface area contributed by atoms with Gasteiger partial charge in [-0.05, 0) is 30.3 Å². The first-order chi connectivity index (χ1) is 10.1. The highest BCUT2D eigenvalue weighted by molar-refractivity contribution is 6.31. The highest BCUT2D eigenvalue weighted by Crippen LogP contribution is 2.31. The van der Waals surface area contributed by atoms with E-state index in [9.17, 15) is 8.78 Å². The Morgan fingerprint density at radius 1 is 1.05 bits per heavy atom. The first-order valence-corrected chi connectivity index (χ1v) is 6.49. The number of nitrogens with one attached hydrogen (secondary N) is 1. The topological polar surface area (TPSA) is 50.9 Å². The fourth-order valence-corrected chi connectivity index (χ4v) is 2.25. The van der Waals surface area contributed by atoms with Crippen molar-refractivity contribution in [2.24, 2.45) is 0 Å². The summed E-state index contributed by atoms with van der Waals surface area (Å²) in [5.41, 5.74) is 5.93. The summed E-state index contributed by atoms with van der Waals surface area (Å²) in [5.74, 6) is -0.706. The van der Waals surface area contributed by atoms with Crippen molar-refractivity contribution in [3.63, 3.8) is 0 Å². The third-order valence-corrected chi connectivity index (χ3v) is 3.43. The van der Waals surface area contributed by atoms with Gasteiger partial charge in [0.1, 0.15) is 11.6 Å². The van der Waals surface area contributed by atoms with Gasteiger partial charge in [-0.15, -0.1) is 0 Å². The minimum atomic E-state index is -0.576. The van der Waals surface area contributed by atoms with Gasteiger partial charge >= 0.3 is 0 Å². The van der Waals surface area contributed by atoms with Gasteiger partial charge in [-0.3, -0.25) is 0 Å². The molecule has 0 fully saturated rings. The molecule has 1 heterocycles. The van der Waals surface area contributed by atoms with Gasteiger partial charge in [0.25, 0.3) is 0 Å². The molecular weight excluding hydrogens is 296 g/mol. The fraction of sp³-hybridized carbons (Fsp3) is 0. The molecule has 0 amide bonds. The number of anilines is 3. The first-order valence-electron chi connectivity index (χ1n) is 6.11. The molecule has 106 valence electrons. The number of nitrogens with zero attached hydrogens (tertiary/aromatic N) is 1. The van der Waals surface area contributed by atoms with Crippen molar-refractivity contribution in [1.82, 2.24) is 4.98 Å². The van der Waals surface area contributed by atoms with Gasteiger partial charge in [0, 0.05) is 17.0 Å². The molecule has 0 saturated carbocycles. The molecule has 21 heavy (non-hydrogen) atoms. The molecule has 3 aromatic rings. The molecule has 0 atom stereocenters. The average molecular weight is 306 g/mol. The largest absolute Gasteiger partial charge is 0.396 e. The average Bonchev–Trinajstić information content (AvgIpc) is 2.48. The maximum atomic E-state index is 13.9. The van der Waals surface area contributed by atoms with Crippen molar-refractivity contribution in [1.29, 1.82) is 0 Å². The molecule has 0 aliphatic carbocycles. The van der Waals surface area contributed by atoms with Gasteiger partial charge in [0.15, 0.2) is 5.82 Å². The predicted molar refractivity (Wildman–Crippen MR) is 80.8 cm³/mol. The van der Waals surface area contributed by atoms with Gasteiger partial charge in [0.05, 0.1) is 16.4 Å². The highest BCUT2D eigenvalue weighted by Gasteiger charge is 2.11. The lowest BCUT2D eigenvalue weighted by Gasteiger charge is -2.11. The van der Waals surface area contributed by atoms with Crippen molar-refractivity contribution in [3.8, 4) is 0 Å².